The SMILES string of the molecule is CCC(C)NNC(C)(C)C. The summed E-state index contributed by atoms with van der Waals surface area (Å²) in [4.78, 5) is 0. The van der Waals surface area contributed by atoms with Gasteiger partial charge in [-0.15, -0.1) is 0 Å². The van der Waals surface area contributed by atoms with E-state index in [4.69, 9.17) is 0 Å². The summed E-state index contributed by atoms with van der Waals surface area (Å²) >= 11 is 0. The van der Waals surface area contributed by atoms with Gasteiger partial charge in [-0.3, -0.25) is 10.9 Å². The summed E-state index contributed by atoms with van der Waals surface area (Å²) < 4.78 is 0. The van der Waals surface area contributed by atoms with E-state index in [0.717, 1.165) is 6.42 Å². The highest BCUT2D eigenvalue weighted by atomic mass is 15.4. The molecule has 0 aliphatic heterocycles. The Bertz CT molecular complexity index is 83.7. The van der Waals surface area contributed by atoms with Gasteiger partial charge in [-0.05, 0) is 34.1 Å². The second kappa shape index (κ2) is 3.94. The molecule has 0 rings (SSSR count). The minimum Gasteiger partial charge on any atom is -0.255 e. The first-order chi connectivity index (χ1) is 4.45. The molecule has 10 heavy (non-hydrogen) atoms. The second-order valence-corrected chi connectivity index (χ2v) is 3.83. The fourth-order valence-corrected chi connectivity index (χ4v) is 0.442. The van der Waals surface area contributed by atoms with Crippen LogP contribution in [0.5, 0.6) is 0 Å². The molecule has 1 unspecified atom stereocenters. The summed E-state index contributed by atoms with van der Waals surface area (Å²) in [6.07, 6.45) is 1.16. The van der Waals surface area contributed by atoms with E-state index in [1.54, 1.807) is 0 Å². The summed E-state index contributed by atoms with van der Waals surface area (Å²) in [5.41, 5.74) is 6.61. The quantitative estimate of drug-likeness (QED) is 0.589. The first-order valence-corrected chi connectivity index (χ1v) is 3.98. The lowest BCUT2D eigenvalue weighted by atomic mass is 10.1. The van der Waals surface area contributed by atoms with Crippen molar-refractivity contribution in [2.75, 3.05) is 0 Å². The third-order valence-corrected chi connectivity index (χ3v) is 1.31. The molecule has 0 aromatic carbocycles. The van der Waals surface area contributed by atoms with E-state index in [0.29, 0.717) is 6.04 Å². The van der Waals surface area contributed by atoms with E-state index in [1.165, 1.54) is 0 Å². The number of hydrogen-bond donors (Lipinski definition) is 2. The molecule has 0 aliphatic rings. The van der Waals surface area contributed by atoms with Crippen molar-refractivity contribution >= 4 is 0 Å². The molecule has 0 fully saturated rings. The first kappa shape index (κ1) is 9.92. The van der Waals surface area contributed by atoms with Crippen LogP contribution in [-0.4, -0.2) is 11.6 Å². The molecule has 1 atom stereocenters. The van der Waals surface area contributed by atoms with Crippen LogP contribution in [0.2, 0.25) is 0 Å². The minimum absolute atomic E-state index is 0.170. The molecule has 0 radical (unpaired) electrons. The van der Waals surface area contributed by atoms with E-state index in [2.05, 4.69) is 45.5 Å². The standard InChI is InChI=1S/C8H20N2/c1-6-7(2)9-10-8(3,4)5/h7,9-10H,6H2,1-5H3. The van der Waals surface area contributed by atoms with Gasteiger partial charge in [-0.25, -0.2) is 0 Å². The fraction of sp³-hybridized carbons (Fsp3) is 1.00. The van der Waals surface area contributed by atoms with E-state index < -0.39 is 0 Å². The first-order valence-electron chi connectivity index (χ1n) is 3.98. The van der Waals surface area contributed by atoms with Crippen LogP contribution in [-0.2, 0) is 0 Å². The monoisotopic (exact) mass is 144 g/mol. The second-order valence-electron chi connectivity index (χ2n) is 3.83. The lowest BCUT2D eigenvalue weighted by Crippen LogP contribution is -2.49. The normalized spacial score (nSPS) is 15.3. The van der Waals surface area contributed by atoms with Crippen LogP contribution in [0.25, 0.3) is 0 Å². The maximum atomic E-state index is 3.22. The van der Waals surface area contributed by atoms with Crippen LogP contribution in [0.1, 0.15) is 41.0 Å². The molecule has 2 N–H and O–H groups in total. The Labute approximate surface area is 64.4 Å². The van der Waals surface area contributed by atoms with Gasteiger partial charge in [0.1, 0.15) is 0 Å². The molecule has 2 nitrogen and oxygen atoms in total. The highest BCUT2D eigenvalue weighted by Crippen LogP contribution is 1.96. The van der Waals surface area contributed by atoms with Gasteiger partial charge in [-0.2, -0.15) is 0 Å². The van der Waals surface area contributed by atoms with Gasteiger partial charge in [0.15, 0.2) is 0 Å². The molecule has 0 heterocycles. The summed E-state index contributed by atoms with van der Waals surface area (Å²) in [5.74, 6) is 0. The molecule has 0 aliphatic carbocycles. The predicted molar refractivity (Wildman–Crippen MR) is 45.8 cm³/mol. The largest absolute Gasteiger partial charge is 0.255 e. The van der Waals surface area contributed by atoms with Crippen molar-refractivity contribution in [2.24, 2.45) is 0 Å². The molecule has 0 amide bonds. The van der Waals surface area contributed by atoms with Gasteiger partial charge >= 0.3 is 0 Å². The molecule has 0 aromatic rings. The Morgan fingerprint density at radius 1 is 1.30 bits per heavy atom. The lowest BCUT2D eigenvalue weighted by molar-refractivity contribution is 0.321. The third-order valence-electron chi connectivity index (χ3n) is 1.31. The molecular weight excluding hydrogens is 124 g/mol. The molecule has 0 saturated heterocycles. The van der Waals surface area contributed by atoms with Crippen molar-refractivity contribution in [3.8, 4) is 0 Å². The molecule has 0 bridgehead atoms. The Hall–Kier alpha value is -0.0800. The van der Waals surface area contributed by atoms with E-state index >= 15 is 0 Å². The van der Waals surface area contributed by atoms with Gasteiger partial charge in [-0.1, -0.05) is 6.92 Å². The molecular formula is C8H20N2. The van der Waals surface area contributed by atoms with Crippen molar-refractivity contribution in [3.63, 3.8) is 0 Å². The van der Waals surface area contributed by atoms with Crippen LogP contribution < -0.4 is 10.9 Å². The van der Waals surface area contributed by atoms with Crippen molar-refractivity contribution < 1.29 is 0 Å². The number of rotatable bonds is 3. The summed E-state index contributed by atoms with van der Waals surface area (Å²) in [7, 11) is 0. The van der Waals surface area contributed by atoms with Crippen LogP contribution >= 0.6 is 0 Å². The molecule has 0 spiro atoms. The van der Waals surface area contributed by atoms with Crippen LogP contribution in [0.15, 0.2) is 0 Å². The van der Waals surface area contributed by atoms with Crippen molar-refractivity contribution in [2.45, 2.75) is 52.6 Å². The molecule has 62 valence electrons. The summed E-state index contributed by atoms with van der Waals surface area (Å²) in [6.45, 7) is 10.8. The highest BCUT2D eigenvalue weighted by Gasteiger charge is 2.08. The summed E-state index contributed by atoms with van der Waals surface area (Å²) in [5, 5.41) is 0. The summed E-state index contributed by atoms with van der Waals surface area (Å²) in [6, 6.07) is 0.555. The average molecular weight is 144 g/mol. The number of hydrazine groups is 1. The molecule has 0 aromatic heterocycles. The Morgan fingerprint density at radius 3 is 2.10 bits per heavy atom. The maximum absolute atomic E-state index is 3.22. The van der Waals surface area contributed by atoms with Gasteiger partial charge in [0.05, 0.1) is 0 Å². The van der Waals surface area contributed by atoms with Crippen LogP contribution in [0.3, 0.4) is 0 Å². The van der Waals surface area contributed by atoms with Gasteiger partial charge in [0.2, 0.25) is 0 Å². The smallest absolute Gasteiger partial charge is 0.0239 e. The predicted octanol–water partition coefficient (Wildman–Crippen LogP) is 1.68. The topological polar surface area (TPSA) is 24.1 Å². The highest BCUT2D eigenvalue weighted by molar-refractivity contribution is 4.68. The number of nitrogens with one attached hydrogen (secondary N) is 2. The van der Waals surface area contributed by atoms with Crippen molar-refractivity contribution in [1.29, 1.82) is 0 Å². The third kappa shape index (κ3) is 6.05. The van der Waals surface area contributed by atoms with Crippen LogP contribution in [0, 0.1) is 0 Å². The Balaban J connectivity index is 3.36. The lowest BCUT2D eigenvalue weighted by Gasteiger charge is -2.23. The van der Waals surface area contributed by atoms with Crippen molar-refractivity contribution in [1.82, 2.24) is 10.9 Å². The molecule has 2 heteroatoms. The van der Waals surface area contributed by atoms with Crippen molar-refractivity contribution in [3.05, 3.63) is 0 Å². The van der Waals surface area contributed by atoms with E-state index in [1.807, 2.05) is 0 Å². The van der Waals surface area contributed by atoms with Gasteiger partial charge in [0, 0.05) is 11.6 Å². The average Bonchev–Trinajstić information content (AvgIpc) is 1.81. The zero-order valence-corrected chi connectivity index (χ0v) is 7.78. The van der Waals surface area contributed by atoms with E-state index in [-0.39, 0.29) is 5.54 Å². The maximum Gasteiger partial charge on any atom is 0.0239 e. The zero-order chi connectivity index (χ0) is 8.20. The minimum atomic E-state index is 0.170. The number of hydrogen-bond acceptors (Lipinski definition) is 2. The fourth-order valence-electron chi connectivity index (χ4n) is 0.442. The Morgan fingerprint density at radius 2 is 1.80 bits per heavy atom. The molecule has 0 saturated carbocycles. The van der Waals surface area contributed by atoms with Gasteiger partial charge < -0.3 is 0 Å². The Kier molecular flexibility index (Phi) is 3.91. The van der Waals surface area contributed by atoms with E-state index in [9.17, 15) is 0 Å². The zero-order valence-electron chi connectivity index (χ0n) is 7.78. The van der Waals surface area contributed by atoms with Crippen LogP contribution in [0.4, 0.5) is 0 Å². The van der Waals surface area contributed by atoms with Gasteiger partial charge in [0.25, 0.3) is 0 Å².